The summed E-state index contributed by atoms with van der Waals surface area (Å²) in [5.41, 5.74) is 4.02. The highest BCUT2D eigenvalue weighted by Crippen LogP contribution is 2.48. The molecular formula is C15H19N2OP. The number of nitrogens with zero attached hydrogens (tertiary/aromatic N) is 2. The molecule has 1 amide bonds. The van der Waals surface area contributed by atoms with Gasteiger partial charge in [-0.25, -0.2) is 0 Å². The number of benzene rings is 1. The summed E-state index contributed by atoms with van der Waals surface area (Å²) in [6.45, 7) is 4.17. The molecule has 1 aromatic rings. The number of amides is 1. The molecule has 19 heavy (non-hydrogen) atoms. The molecule has 0 N–H and O–H groups in total. The smallest absolute Gasteiger partial charge is 0.261 e. The summed E-state index contributed by atoms with van der Waals surface area (Å²) < 4.78 is 0. The number of rotatable bonds is 0. The Morgan fingerprint density at radius 1 is 1.47 bits per heavy atom. The summed E-state index contributed by atoms with van der Waals surface area (Å²) in [6, 6.07) is 6.92. The van der Waals surface area contributed by atoms with E-state index in [0.29, 0.717) is 12.0 Å². The molecule has 4 heteroatoms. The van der Waals surface area contributed by atoms with Crippen LogP contribution >= 0.6 is 9.24 Å². The van der Waals surface area contributed by atoms with Gasteiger partial charge < -0.3 is 4.90 Å². The maximum absolute atomic E-state index is 11.2. The van der Waals surface area contributed by atoms with Crippen LogP contribution in [0.4, 0.5) is 10.5 Å². The number of hydrogen-bond acceptors (Lipinski definition) is 1. The molecule has 0 bridgehead atoms. The second-order valence-electron chi connectivity index (χ2n) is 5.46. The number of hydrogen-bond donors (Lipinski definition) is 0. The van der Waals surface area contributed by atoms with Crippen molar-refractivity contribution in [1.82, 2.24) is 0 Å². The second-order valence-corrected chi connectivity index (χ2v) is 5.95. The van der Waals surface area contributed by atoms with Gasteiger partial charge in [0.25, 0.3) is 5.65 Å². The van der Waals surface area contributed by atoms with Crippen molar-refractivity contribution in [2.45, 2.75) is 45.1 Å². The van der Waals surface area contributed by atoms with E-state index >= 15 is 0 Å². The van der Waals surface area contributed by atoms with Gasteiger partial charge in [0, 0.05) is 17.6 Å². The maximum atomic E-state index is 11.2. The van der Waals surface area contributed by atoms with E-state index in [2.05, 4.69) is 44.3 Å². The molecule has 100 valence electrons. The van der Waals surface area contributed by atoms with Crippen LogP contribution in [-0.4, -0.2) is 17.5 Å². The average Bonchev–Trinajstić information content (AvgIpc) is 2.65. The Hall–Kier alpha value is -1.21. The number of carbonyl (C=O) groups excluding carboxylic acids is 1. The third kappa shape index (κ3) is 2.01. The lowest BCUT2D eigenvalue weighted by molar-refractivity contribution is 0.267. The molecule has 3 nitrogen and oxygen atoms in total. The first kappa shape index (κ1) is 12.8. The molecular weight excluding hydrogens is 255 g/mol. The van der Waals surface area contributed by atoms with Gasteiger partial charge in [-0.05, 0) is 59.5 Å². The van der Waals surface area contributed by atoms with Gasteiger partial charge in [-0.3, -0.25) is 4.79 Å². The van der Waals surface area contributed by atoms with E-state index in [4.69, 9.17) is 0 Å². The molecule has 1 aliphatic carbocycles. The van der Waals surface area contributed by atoms with E-state index in [1.165, 1.54) is 36.1 Å². The normalized spacial score (nSPS) is 25.4. The fourth-order valence-electron chi connectivity index (χ4n) is 3.68. The first-order valence-corrected chi connectivity index (χ1v) is 7.43. The Balaban J connectivity index is 2.11. The first-order valence-electron chi connectivity index (χ1n) is 6.85. The van der Waals surface area contributed by atoms with Gasteiger partial charge in [-0.2, -0.15) is 4.99 Å². The van der Waals surface area contributed by atoms with Crippen LogP contribution in [-0.2, 0) is 6.42 Å². The zero-order chi connectivity index (χ0) is 13.6. The SMILES string of the molecule is CC(=NC(=O)P)N1c2cccc3c2C(CCC3)C1C. The van der Waals surface area contributed by atoms with Gasteiger partial charge in [-0.1, -0.05) is 12.1 Å². The number of aryl methyl sites for hydroxylation is 1. The largest absolute Gasteiger partial charge is 0.326 e. The van der Waals surface area contributed by atoms with Crippen LogP contribution < -0.4 is 4.90 Å². The summed E-state index contributed by atoms with van der Waals surface area (Å²) in [7, 11) is 2.12. The highest BCUT2D eigenvalue weighted by molar-refractivity contribution is 7.40. The molecule has 0 saturated heterocycles. The molecule has 1 aliphatic heterocycles. The highest BCUT2D eigenvalue weighted by atomic mass is 31.0. The molecule has 3 rings (SSSR count). The van der Waals surface area contributed by atoms with Crippen molar-refractivity contribution >= 4 is 26.4 Å². The molecule has 0 aromatic heterocycles. The Morgan fingerprint density at radius 2 is 2.26 bits per heavy atom. The van der Waals surface area contributed by atoms with Crippen molar-refractivity contribution in [1.29, 1.82) is 0 Å². The minimum atomic E-state index is -0.208. The second kappa shape index (κ2) is 4.72. The van der Waals surface area contributed by atoms with E-state index in [0.717, 1.165) is 5.84 Å². The third-order valence-corrected chi connectivity index (χ3v) is 4.50. The van der Waals surface area contributed by atoms with E-state index in [1.807, 2.05) is 6.92 Å². The summed E-state index contributed by atoms with van der Waals surface area (Å²) in [5, 5.41) is 0. The summed E-state index contributed by atoms with van der Waals surface area (Å²) in [6.07, 6.45) is 3.68. The van der Waals surface area contributed by atoms with Gasteiger partial charge in [0.1, 0.15) is 5.84 Å². The Morgan fingerprint density at radius 3 is 3.00 bits per heavy atom. The molecule has 3 unspecified atom stereocenters. The molecule has 0 saturated carbocycles. The number of carbonyl (C=O) groups is 1. The average molecular weight is 274 g/mol. The zero-order valence-electron chi connectivity index (χ0n) is 11.4. The van der Waals surface area contributed by atoms with Crippen molar-refractivity contribution < 1.29 is 4.79 Å². The van der Waals surface area contributed by atoms with Crippen molar-refractivity contribution in [3.05, 3.63) is 29.3 Å². The number of amidine groups is 1. The van der Waals surface area contributed by atoms with Crippen molar-refractivity contribution in [3.8, 4) is 0 Å². The Bertz CT molecular complexity index is 567. The number of anilines is 1. The van der Waals surface area contributed by atoms with Gasteiger partial charge in [0.05, 0.1) is 0 Å². The minimum Gasteiger partial charge on any atom is -0.326 e. The van der Waals surface area contributed by atoms with Gasteiger partial charge in [0.15, 0.2) is 0 Å². The van der Waals surface area contributed by atoms with Crippen LogP contribution in [0.25, 0.3) is 0 Å². The standard InChI is InChI=1S/C15H19N2OP/c1-9-12-7-3-5-11-6-4-8-13(14(11)12)17(9)10(2)16-15(18)19/h4,6,8-9,12H,3,5,7,19H2,1-2H3. The maximum Gasteiger partial charge on any atom is 0.261 e. The van der Waals surface area contributed by atoms with Gasteiger partial charge in [-0.15, -0.1) is 0 Å². The summed E-state index contributed by atoms with van der Waals surface area (Å²) in [4.78, 5) is 17.5. The van der Waals surface area contributed by atoms with Crippen molar-refractivity contribution in [2.24, 2.45) is 4.99 Å². The molecule has 0 spiro atoms. The minimum absolute atomic E-state index is 0.208. The molecule has 2 aliphatic rings. The van der Waals surface area contributed by atoms with Crippen LogP contribution in [0.3, 0.4) is 0 Å². The lowest BCUT2D eigenvalue weighted by Gasteiger charge is -2.27. The van der Waals surface area contributed by atoms with Crippen LogP contribution in [0.1, 0.15) is 43.7 Å². The van der Waals surface area contributed by atoms with E-state index in [-0.39, 0.29) is 5.65 Å². The van der Waals surface area contributed by atoms with E-state index in [9.17, 15) is 4.79 Å². The summed E-state index contributed by atoms with van der Waals surface area (Å²) >= 11 is 0. The fraction of sp³-hybridized carbons (Fsp3) is 0.467. The zero-order valence-corrected chi connectivity index (χ0v) is 12.5. The highest BCUT2D eigenvalue weighted by Gasteiger charge is 2.39. The molecule has 0 fully saturated rings. The van der Waals surface area contributed by atoms with Crippen LogP contribution in [0.5, 0.6) is 0 Å². The monoisotopic (exact) mass is 274 g/mol. The predicted octanol–water partition coefficient (Wildman–Crippen LogP) is 3.73. The first-order chi connectivity index (χ1) is 9.09. The Labute approximate surface area is 116 Å². The van der Waals surface area contributed by atoms with E-state index in [1.54, 1.807) is 0 Å². The van der Waals surface area contributed by atoms with E-state index < -0.39 is 0 Å². The van der Waals surface area contributed by atoms with Crippen LogP contribution in [0.2, 0.25) is 0 Å². The number of aliphatic imine (C=N–C) groups is 1. The lowest BCUT2D eigenvalue weighted by atomic mass is 9.81. The molecule has 0 radical (unpaired) electrons. The summed E-state index contributed by atoms with van der Waals surface area (Å²) in [5.74, 6) is 1.39. The fourth-order valence-corrected chi connectivity index (χ4v) is 3.86. The molecule has 1 heterocycles. The molecule has 3 atom stereocenters. The van der Waals surface area contributed by atoms with Crippen LogP contribution in [0.15, 0.2) is 23.2 Å². The van der Waals surface area contributed by atoms with Gasteiger partial charge in [0.2, 0.25) is 0 Å². The lowest BCUT2D eigenvalue weighted by Crippen LogP contribution is -2.36. The van der Waals surface area contributed by atoms with Crippen molar-refractivity contribution in [3.63, 3.8) is 0 Å². The molecule has 1 aromatic carbocycles. The van der Waals surface area contributed by atoms with Crippen molar-refractivity contribution in [2.75, 3.05) is 4.90 Å². The predicted molar refractivity (Wildman–Crippen MR) is 82.3 cm³/mol. The topological polar surface area (TPSA) is 32.7 Å². The van der Waals surface area contributed by atoms with Crippen LogP contribution in [0, 0.1) is 0 Å². The quantitative estimate of drug-likeness (QED) is 0.410. The third-order valence-electron chi connectivity index (χ3n) is 4.38. The van der Waals surface area contributed by atoms with Gasteiger partial charge >= 0.3 is 0 Å². The Kier molecular flexibility index (Phi) is 3.18.